The molecule has 0 aromatic rings. The maximum absolute atomic E-state index is 12.9. The summed E-state index contributed by atoms with van der Waals surface area (Å²) in [4.78, 5) is 12.9. The third-order valence-corrected chi connectivity index (χ3v) is 12.3. The lowest BCUT2D eigenvalue weighted by atomic mass is 9.99. The van der Waals surface area contributed by atoms with Crippen LogP contribution in [0, 0.1) is 0 Å². The predicted molar refractivity (Wildman–Crippen MR) is 294 cm³/mol. The highest BCUT2D eigenvalue weighted by atomic mass is 32.3. The van der Waals surface area contributed by atoms with E-state index in [1.54, 1.807) is 0 Å². The topological polar surface area (TPSA) is 178 Å². The Morgan fingerprint density at radius 3 is 1.40 bits per heavy atom. The standard InChI is InChI=1S/C59H98O12S/c1-3-5-7-9-11-13-15-17-19-21-23-24-25-26-27-28-29-31-33-35-37-39-41-43-45-47-49-67-51-53(52-68-59-57(63)58(71-72(64,65)66)56(62)54(50-60)70-59)69-55(61)48-46-44-42-40-38-36-34-32-30-22-20-18-16-14-12-10-8-6-4-2/h5,7,11-14,17-20,23-24,26-27,29-32,53-54,56-60,62-63H,3-4,6,8-10,15-16,21-22,25,28,33-52H2,1-2H3,(H,64,65,66)/b7-5-,13-11-,14-12-,19-17-,20-18-,24-23-,27-26-,31-29-,32-30-. The maximum Gasteiger partial charge on any atom is 0.397 e. The lowest BCUT2D eigenvalue weighted by Gasteiger charge is -2.41. The van der Waals surface area contributed by atoms with Crippen molar-refractivity contribution in [2.75, 3.05) is 26.4 Å². The molecule has 1 saturated heterocycles. The molecule has 0 bridgehead atoms. The fraction of sp³-hybridized carbons (Fsp3) is 0.678. The number of carbonyl (C=O) groups is 1. The van der Waals surface area contributed by atoms with Gasteiger partial charge in [0.2, 0.25) is 0 Å². The first-order valence-electron chi connectivity index (χ1n) is 27.6. The van der Waals surface area contributed by atoms with Crippen molar-refractivity contribution in [3.8, 4) is 0 Å². The molecule has 0 saturated carbocycles. The van der Waals surface area contributed by atoms with E-state index >= 15 is 0 Å². The van der Waals surface area contributed by atoms with Gasteiger partial charge in [-0.3, -0.25) is 9.35 Å². The second-order valence-electron chi connectivity index (χ2n) is 18.4. The highest BCUT2D eigenvalue weighted by Gasteiger charge is 2.48. The third kappa shape index (κ3) is 41.1. The molecule has 6 unspecified atom stereocenters. The summed E-state index contributed by atoms with van der Waals surface area (Å²) >= 11 is 0. The number of aliphatic hydroxyl groups is 3. The first-order chi connectivity index (χ1) is 35.1. The lowest BCUT2D eigenvalue weighted by molar-refractivity contribution is -0.301. The molecule has 1 aliphatic heterocycles. The number of hydrogen-bond donors (Lipinski definition) is 4. The minimum atomic E-state index is -5.08. The Morgan fingerprint density at radius 1 is 0.542 bits per heavy atom. The van der Waals surface area contributed by atoms with Crippen molar-refractivity contribution in [1.82, 2.24) is 0 Å². The van der Waals surface area contributed by atoms with Gasteiger partial charge in [-0.05, 0) is 103 Å². The van der Waals surface area contributed by atoms with E-state index in [-0.39, 0.29) is 19.6 Å². The molecule has 12 nitrogen and oxygen atoms in total. The molecule has 4 N–H and O–H groups in total. The van der Waals surface area contributed by atoms with E-state index in [4.69, 9.17) is 18.9 Å². The van der Waals surface area contributed by atoms with Crippen molar-refractivity contribution in [2.24, 2.45) is 0 Å². The van der Waals surface area contributed by atoms with Crippen LogP contribution in [0.5, 0.6) is 0 Å². The molecule has 1 heterocycles. The Hall–Kier alpha value is -3.24. The second-order valence-corrected chi connectivity index (χ2v) is 19.5. The summed E-state index contributed by atoms with van der Waals surface area (Å²) < 4.78 is 59.3. The van der Waals surface area contributed by atoms with Gasteiger partial charge < -0.3 is 34.3 Å². The number of esters is 1. The van der Waals surface area contributed by atoms with Gasteiger partial charge in [0.05, 0.1) is 19.8 Å². The molecule has 412 valence electrons. The fourth-order valence-electron chi connectivity index (χ4n) is 7.74. The van der Waals surface area contributed by atoms with Gasteiger partial charge in [0, 0.05) is 13.0 Å². The molecule has 0 amide bonds. The number of hydrogen-bond acceptors (Lipinski definition) is 11. The maximum atomic E-state index is 12.9. The average molecular weight is 1030 g/mol. The molecule has 1 aliphatic rings. The number of rotatable bonds is 47. The molecule has 0 radical (unpaired) electrons. The van der Waals surface area contributed by atoms with Crippen molar-refractivity contribution in [2.45, 2.75) is 230 Å². The van der Waals surface area contributed by atoms with E-state index in [1.165, 1.54) is 44.9 Å². The van der Waals surface area contributed by atoms with Crippen LogP contribution >= 0.6 is 0 Å². The highest BCUT2D eigenvalue weighted by Crippen LogP contribution is 2.26. The minimum absolute atomic E-state index is 0.0153. The Labute approximate surface area is 437 Å². The van der Waals surface area contributed by atoms with Crippen LogP contribution in [0.2, 0.25) is 0 Å². The van der Waals surface area contributed by atoms with Gasteiger partial charge in [-0.1, -0.05) is 194 Å². The van der Waals surface area contributed by atoms with Crippen LogP contribution in [0.3, 0.4) is 0 Å². The smallest absolute Gasteiger partial charge is 0.397 e. The van der Waals surface area contributed by atoms with Crippen LogP contribution in [-0.2, 0) is 38.3 Å². The van der Waals surface area contributed by atoms with Crippen LogP contribution in [0.4, 0.5) is 0 Å². The summed E-state index contributed by atoms with van der Waals surface area (Å²) in [6.07, 6.45) is 59.7. The van der Waals surface area contributed by atoms with Crippen molar-refractivity contribution in [3.05, 3.63) is 109 Å². The predicted octanol–water partition coefficient (Wildman–Crippen LogP) is 13.5. The van der Waals surface area contributed by atoms with E-state index in [1.807, 2.05) is 0 Å². The zero-order valence-corrected chi connectivity index (χ0v) is 45.3. The molecule has 0 aliphatic carbocycles. The third-order valence-electron chi connectivity index (χ3n) is 11.9. The van der Waals surface area contributed by atoms with E-state index in [0.717, 1.165) is 122 Å². The number of carbonyl (C=O) groups excluding carboxylic acids is 1. The second kappa shape index (κ2) is 48.7. The number of allylic oxidation sites excluding steroid dienone is 18. The van der Waals surface area contributed by atoms with Crippen LogP contribution < -0.4 is 0 Å². The Kier molecular flexibility index (Phi) is 45.2. The van der Waals surface area contributed by atoms with Gasteiger partial charge in [-0.2, -0.15) is 8.42 Å². The Balaban J connectivity index is 2.35. The Bertz CT molecular complexity index is 1660. The highest BCUT2D eigenvalue weighted by molar-refractivity contribution is 7.80. The fourth-order valence-corrected chi connectivity index (χ4v) is 8.25. The summed E-state index contributed by atoms with van der Waals surface area (Å²) in [7, 11) is -5.08. The largest absolute Gasteiger partial charge is 0.457 e. The summed E-state index contributed by atoms with van der Waals surface area (Å²) in [5, 5.41) is 30.8. The number of unbranched alkanes of at least 4 members (excludes halogenated alkanes) is 16. The zero-order chi connectivity index (χ0) is 52.4. The zero-order valence-electron chi connectivity index (χ0n) is 44.4. The number of ether oxygens (including phenoxy) is 4. The molecule has 72 heavy (non-hydrogen) atoms. The van der Waals surface area contributed by atoms with Crippen LogP contribution in [0.25, 0.3) is 0 Å². The SMILES string of the molecule is CC/C=C\C/C=C\C/C=C\C/C=C\C/C=C\C/C=C\CCCCCCCCCOCC(COC1OC(CO)C(O)C(OS(=O)(=O)O)C1O)OC(=O)CCCCCCCC/C=C\C/C=C\C/C=C\CCCCC. The summed E-state index contributed by atoms with van der Waals surface area (Å²) in [6.45, 7) is 3.80. The molecular weight excluding hydrogens is 933 g/mol. The summed E-state index contributed by atoms with van der Waals surface area (Å²) in [6, 6.07) is 0. The van der Waals surface area contributed by atoms with E-state index in [0.29, 0.717) is 13.0 Å². The molecule has 1 fully saturated rings. The van der Waals surface area contributed by atoms with Gasteiger partial charge in [-0.25, -0.2) is 4.18 Å². The summed E-state index contributed by atoms with van der Waals surface area (Å²) in [5.74, 6) is -0.420. The van der Waals surface area contributed by atoms with E-state index < -0.39 is 59.8 Å². The first-order valence-corrected chi connectivity index (χ1v) is 29.0. The van der Waals surface area contributed by atoms with Crippen molar-refractivity contribution in [1.29, 1.82) is 0 Å². The first kappa shape index (κ1) is 66.8. The van der Waals surface area contributed by atoms with Gasteiger partial charge in [0.1, 0.15) is 30.5 Å². The van der Waals surface area contributed by atoms with E-state index in [2.05, 4.69) is 127 Å². The molecule has 6 atom stereocenters. The molecule has 0 aromatic carbocycles. The molecular formula is C59H98O12S. The molecule has 1 rings (SSSR count). The Morgan fingerprint density at radius 2 is 0.958 bits per heavy atom. The molecule has 0 spiro atoms. The monoisotopic (exact) mass is 1030 g/mol. The quantitative estimate of drug-likeness (QED) is 0.0197. The molecule has 0 aromatic heterocycles. The van der Waals surface area contributed by atoms with Gasteiger partial charge in [0.25, 0.3) is 0 Å². The minimum Gasteiger partial charge on any atom is -0.457 e. The van der Waals surface area contributed by atoms with E-state index in [9.17, 15) is 33.1 Å². The average Bonchev–Trinajstić information content (AvgIpc) is 3.36. The molecule has 13 heteroatoms. The van der Waals surface area contributed by atoms with Crippen molar-refractivity contribution in [3.63, 3.8) is 0 Å². The van der Waals surface area contributed by atoms with Crippen LogP contribution in [0.15, 0.2) is 109 Å². The van der Waals surface area contributed by atoms with Crippen LogP contribution in [0.1, 0.15) is 194 Å². The van der Waals surface area contributed by atoms with Gasteiger partial charge >= 0.3 is 16.4 Å². The van der Waals surface area contributed by atoms with Crippen LogP contribution in [-0.4, -0.2) is 97.5 Å². The summed E-state index contributed by atoms with van der Waals surface area (Å²) in [5.41, 5.74) is 0. The normalized spacial score (nSPS) is 19.8. The van der Waals surface area contributed by atoms with Gasteiger partial charge in [0.15, 0.2) is 6.29 Å². The number of aliphatic hydroxyl groups excluding tert-OH is 3. The lowest BCUT2D eigenvalue weighted by Crippen LogP contribution is -2.60. The van der Waals surface area contributed by atoms with Crippen molar-refractivity contribution < 1.29 is 56.2 Å². The van der Waals surface area contributed by atoms with Gasteiger partial charge in [-0.15, -0.1) is 0 Å². The van der Waals surface area contributed by atoms with Crippen molar-refractivity contribution >= 4 is 16.4 Å².